The second-order valence-corrected chi connectivity index (χ2v) is 31.4. The zero-order valence-electron chi connectivity index (χ0n) is 68.3. The van der Waals surface area contributed by atoms with Crippen LogP contribution < -0.4 is 59.7 Å². The van der Waals surface area contributed by atoms with Crippen molar-refractivity contribution in [1.82, 2.24) is 52.4 Å². The molecule has 4 heterocycles. The molecular weight excluding hydrogens is 1600 g/mol. The van der Waals surface area contributed by atoms with Crippen molar-refractivity contribution < 1.29 is 93.0 Å². The molecule has 0 bridgehead atoms. The molecule has 21 N–H and O–H groups in total. The third kappa shape index (κ3) is 23.2. The highest BCUT2D eigenvalue weighted by Gasteiger charge is 2.41. The number of hydrogen-bond acceptors (Lipinski definition) is 19. The maximum absolute atomic E-state index is 15.1. The first-order valence-electron chi connectivity index (χ1n) is 40.8. The Balaban J connectivity index is 0.000000430. The summed E-state index contributed by atoms with van der Waals surface area (Å²) in [7, 11) is 0. The maximum Gasteiger partial charge on any atom is 0.339 e. The van der Waals surface area contributed by atoms with Gasteiger partial charge in [-0.15, -0.1) is 0 Å². The number of aliphatic hydroxyl groups excluding tert-OH is 1. The van der Waals surface area contributed by atoms with E-state index in [2.05, 4.69) is 57.5 Å². The third-order valence-corrected chi connectivity index (χ3v) is 22.2. The smallest absolute Gasteiger partial charge is 0.339 e. The Morgan fingerprint density at radius 1 is 0.621 bits per heavy atom. The molecule has 10 amide bonds. The van der Waals surface area contributed by atoms with E-state index in [0.29, 0.717) is 74.3 Å². The number of hydrogen-bond donors (Lipinski definition) is 18. The minimum Gasteiger partial charge on any atom is -0.508 e. The summed E-state index contributed by atoms with van der Waals surface area (Å²) < 4.78 is 0. The number of ketones is 1. The molecule has 8 aromatic rings. The van der Waals surface area contributed by atoms with Gasteiger partial charge in [0.05, 0.1) is 25.1 Å². The van der Waals surface area contributed by atoms with E-state index in [9.17, 15) is 83.4 Å². The standard InChI is InChI=1S/C67H85N15O13.C23H16O6/c1-37(2)28-50(60(89)76-49(15-8-26-72-67(69)70)66(95)82-27-9-16-55(82)65(94)74-35-57(68)86)78-62(91)52(31-40-20-19-39-10-3-4-12-45(39)40)80-61(90)51(29-38-17-21-44(84)22-18-38)79-64(93)54(36-83)81-63(92)53(32-42-34-73-47-14-6-5-13-46(42)47)77-59(88)41(30-43-11-7-25-71-43)33-56(85)48-23-24-58(87)75-48;24-20-16(14-7-3-1-5-12(14)9-18(20)22(26)27)11-17-15-8-4-2-6-13(15)10-19(21(17)25)23(28)29/h3-6,10-14,17-18,20-22,25,34,37,41,48-55,73,83-84H,7-9,15-16,19,23-24,26-33,35-36H2,1-2H3,(H2,68,86)(H,74,94)(H,75,87)(H,76,89)(H,77,88)(H,78,91)(H,79,93)(H,80,90)(H,81,92)(H4,69,70,72);1-10,24-25H,11H2,(H,26,27)(H,28,29)/t41-,48-,49+,50+,51-,52-,53-,54-,55-;/m0./s1. The second-order valence-electron chi connectivity index (χ2n) is 31.4. The van der Waals surface area contributed by atoms with Gasteiger partial charge in [0.25, 0.3) is 0 Å². The van der Waals surface area contributed by atoms with Crippen LogP contribution in [-0.2, 0) is 78.4 Å². The fourth-order valence-corrected chi connectivity index (χ4v) is 15.9. The van der Waals surface area contributed by atoms with Gasteiger partial charge in [-0.25, -0.2) is 9.59 Å². The largest absolute Gasteiger partial charge is 0.508 e. The number of allylic oxidation sites excluding steroid dienone is 3. The zero-order valence-corrected chi connectivity index (χ0v) is 68.3. The summed E-state index contributed by atoms with van der Waals surface area (Å²) in [5.74, 6) is -12.8. The Labute approximate surface area is 712 Å². The van der Waals surface area contributed by atoms with E-state index in [1.807, 2.05) is 68.5 Å². The van der Waals surface area contributed by atoms with Crippen LogP contribution >= 0.6 is 0 Å². The number of aromatic amines is 1. The Morgan fingerprint density at radius 2 is 1.19 bits per heavy atom. The number of carboxylic acid groups (broad SMARTS) is 2. The number of phenolic OH excluding ortho intramolecular Hbond substituents is 1. The lowest BCUT2D eigenvalue weighted by atomic mass is 9.90. The number of H-pyrrole nitrogens is 1. The summed E-state index contributed by atoms with van der Waals surface area (Å²) >= 11 is 0. The van der Waals surface area contributed by atoms with Crippen molar-refractivity contribution in [2.45, 2.75) is 158 Å². The molecule has 9 atom stereocenters. The number of nitrogens with one attached hydrogen (secondary N) is 9. The van der Waals surface area contributed by atoms with E-state index in [1.165, 1.54) is 41.3 Å². The summed E-state index contributed by atoms with van der Waals surface area (Å²) in [6.07, 6.45) is 8.58. The number of carbonyl (C=O) groups is 13. The van der Waals surface area contributed by atoms with Crippen LogP contribution in [0.5, 0.6) is 17.2 Å². The predicted molar refractivity (Wildman–Crippen MR) is 460 cm³/mol. The normalized spacial score (nSPS) is 16.2. The summed E-state index contributed by atoms with van der Waals surface area (Å²) in [5, 5.41) is 86.3. The average Bonchev–Trinajstić information content (AvgIpc) is 1.05. The number of carboxylic acids is 2. The number of rotatable bonds is 38. The number of fused-ring (bicyclic) bond motifs is 4. The number of aliphatic hydroxyl groups is 1. The van der Waals surface area contributed by atoms with E-state index in [1.54, 1.807) is 67.0 Å². The molecule has 124 heavy (non-hydrogen) atoms. The molecule has 0 saturated carbocycles. The summed E-state index contributed by atoms with van der Waals surface area (Å²) in [5.41, 5.74) is 21.3. The number of phenols is 3. The molecule has 650 valence electrons. The van der Waals surface area contributed by atoms with Crippen molar-refractivity contribution in [2.24, 2.45) is 39.0 Å². The Kier molecular flexibility index (Phi) is 30.5. The fourth-order valence-electron chi connectivity index (χ4n) is 15.9. The predicted octanol–water partition coefficient (Wildman–Crippen LogP) is 4.28. The van der Waals surface area contributed by atoms with Crippen LogP contribution in [-0.4, -0.2) is 204 Å². The van der Waals surface area contributed by atoms with Crippen molar-refractivity contribution in [3.8, 4) is 17.2 Å². The molecule has 0 radical (unpaired) electrons. The molecule has 12 rings (SSSR count). The van der Waals surface area contributed by atoms with Gasteiger partial charge in [-0.05, 0) is 131 Å². The first kappa shape index (κ1) is 90.5. The molecule has 34 heteroatoms. The van der Waals surface area contributed by atoms with E-state index in [-0.39, 0.29) is 131 Å². The fraction of sp³-hybridized carbons (Fsp3) is 0.344. The molecule has 7 aromatic carbocycles. The van der Waals surface area contributed by atoms with Crippen LogP contribution in [0.25, 0.3) is 38.0 Å². The van der Waals surface area contributed by atoms with Crippen molar-refractivity contribution in [2.75, 3.05) is 26.2 Å². The molecule has 0 spiro atoms. The van der Waals surface area contributed by atoms with Crippen LogP contribution in [0.3, 0.4) is 0 Å². The van der Waals surface area contributed by atoms with E-state index in [0.717, 1.165) is 22.0 Å². The van der Waals surface area contributed by atoms with Crippen LogP contribution in [0.2, 0.25) is 0 Å². The SMILES string of the molecule is CC(C)C[C@@H](NC(=O)[C@H](CC1=CCc2ccccc21)NC(=O)[C@H](Cc1ccc(O)cc1)NC(=O)[C@H](CO)NC(=O)[C@H](Cc1c[nH]c2ccccc12)NC(=O)[C@H](CC(=O)[C@@H]1CCC(=O)N1)CC1=CCC=N1)C(=O)N[C@H](CCCN=C(N)N)C(=O)N1CCC[C@H]1C(=O)NCC(N)=O.O=C(O)c1cc2ccccc2c(Cc2c(O)c(C(=O)O)cc3ccccc23)c1O. The van der Waals surface area contributed by atoms with Crippen molar-refractivity contribution in [1.29, 1.82) is 0 Å². The summed E-state index contributed by atoms with van der Waals surface area (Å²) in [6.45, 7) is 2.40. The minimum atomic E-state index is -1.77. The van der Waals surface area contributed by atoms with Gasteiger partial charge in [0, 0.05) is 105 Å². The quantitative estimate of drug-likeness (QED) is 0.0146. The number of aromatic nitrogens is 1. The number of aliphatic imine (C=N–C) groups is 2. The minimum absolute atomic E-state index is 0.00183. The van der Waals surface area contributed by atoms with E-state index >= 15 is 9.59 Å². The van der Waals surface area contributed by atoms with Gasteiger partial charge in [-0.1, -0.05) is 129 Å². The molecular formula is C90H101N15O19. The summed E-state index contributed by atoms with van der Waals surface area (Å²) in [4.78, 5) is 190. The first-order chi connectivity index (χ1) is 59.4. The number of nitrogens with zero attached hydrogens (tertiary/aromatic N) is 3. The summed E-state index contributed by atoms with van der Waals surface area (Å²) in [6, 6.07) is 26.7. The Bertz CT molecular complexity index is 5440. The maximum atomic E-state index is 15.1. The van der Waals surface area contributed by atoms with Crippen molar-refractivity contribution >= 4 is 127 Å². The lowest BCUT2D eigenvalue weighted by Crippen LogP contribution is -2.61. The molecule has 2 saturated heterocycles. The molecule has 1 aliphatic carbocycles. The van der Waals surface area contributed by atoms with Gasteiger partial charge in [0.15, 0.2) is 11.7 Å². The average molecular weight is 1700 g/mol. The lowest BCUT2D eigenvalue weighted by molar-refractivity contribution is -0.142. The highest BCUT2D eigenvalue weighted by Crippen LogP contribution is 2.40. The number of benzene rings is 7. The molecule has 3 aliphatic heterocycles. The monoisotopic (exact) mass is 1700 g/mol. The Morgan fingerprint density at radius 3 is 1.78 bits per heavy atom. The number of amides is 10. The molecule has 2 fully saturated rings. The zero-order chi connectivity index (χ0) is 89.0. The van der Waals surface area contributed by atoms with Crippen LogP contribution in [0.4, 0.5) is 0 Å². The number of nitrogens with two attached hydrogens (primary N) is 3. The van der Waals surface area contributed by atoms with Gasteiger partial charge >= 0.3 is 11.9 Å². The lowest BCUT2D eigenvalue weighted by Gasteiger charge is -2.30. The van der Waals surface area contributed by atoms with Crippen LogP contribution in [0, 0.1) is 11.8 Å². The van der Waals surface area contributed by atoms with Gasteiger partial charge in [-0.3, -0.25) is 62.7 Å². The topological polar surface area (TPSA) is 561 Å². The molecule has 34 nitrogen and oxygen atoms in total. The third-order valence-electron chi connectivity index (χ3n) is 22.2. The number of primary amides is 1. The van der Waals surface area contributed by atoms with Gasteiger partial charge in [-0.2, -0.15) is 0 Å². The second kappa shape index (κ2) is 41.8. The first-order valence-corrected chi connectivity index (χ1v) is 40.8. The number of para-hydroxylation sites is 1. The van der Waals surface area contributed by atoms with Crippen LogP contribution in [0.1, 0.15) is 139 Å². The number of aromatic hydroxyl groups is 3. The number of carbonyl (C=O) groups excluding carboxylic acids is 11. The van der Waals surface area contributed by atoms with Gasteiger partial charge in [0.1, 0.15) is 70.7 Å². The molecule has 1 aromatic heterocycles. The number of aromatic carboxylic acids is 2. The van der Waals surface area contributed by atoms with Gasteiger partial charge in [0.2, 0.25) is 59.1 Å². The molecule has 0 unspecified atom stereocenters. The molecule has 4 aliphatic rings. The number of likely N-dealkylation sites (tertiary alicyclic amines) is 1. The Hall–Kier alpha value is -14.3. The van der Waals surface area contributed by atoms with E-state index in [4.69, 9.17) is 17.2 Å². The highest BCUT2D eigenvalue weighted by atomic mass is 16.4. The number of guanidine groups is 1. The van der Waals surface area contributed by atoms with Crippen LogP contribution in [0.15, 0.2) is 167 Å². The van der Waals surface area contributed by atoms with Crippen molar-refractivity contribution in [3.63, 3.8) is 0 Å². The van der Waals surface area contributed by atoms with Crippen molar-refractivity contribution in [3.05, 3.63) is 202 Å². The number of Topliss-reactive ketones (excluding diaryl/α,β-unsaturated/α-hetero) is 1. The highest BCUT2D eigenvalue weighted by molar-refractivity contribution is 6.04. The van der Waals surface area contributed by atoms with E-state index < -0.39 is 144 Å². The van der Waals surface area contributed by atoms with Gasteiger partial charge < -0.3 is 100 Å².